The van der Waals surface area contributed by atoms with Crippen LogP contribution in [0.2, 0.25) is 0 Å². The minimum Gasteiger partial charge on any atom is -0.481 e. The number of carbonyl (C=O) groups excluding carboxylic acids is 2. The third-order valence-corrected chi connectivity index (χ3v) is 13.8. The number of hydrogen-bond acceptors (Lipinski definition) is 7. The topological polar surface area (TPSA) is 125 Å². The summed E-state index contributed by atoms with van der Waals surface area (Å²) in [7, 11) is 0. The fraction of sp³-hybridized carbons (Fsp3) is 0.857. The molecule has 0 aromatic rings. The predicted molar refractivity (Wildman–Crippen MR) is 163 cm³/mol. The van der Waals surface area contributed by atoms with Crippen molar-refractivity contribution in [3.8, 4) is 0 Å². The standard InChI is InChI=1S/C35H55NO7/c1-19(2)21(4)31(6)12-13-33(8)23-10-11-26-32(7)17-41-18-35(26,15-25(43-22(5)37)29(32)42-16-20(3)36)24(23)14-27(38)34(33,9)28(31)30(39)40/h14,19-21,23,25-26,28-29H,10-13,15-18,36H2,1-9H3,(H,39,40)/t20?,21-,23+,25-,26?,28-,29+,31-,32+,33-,34+,35+/m1/s1. The lowest BCUT2D eigenvalue weighted by atomic mass is 9.34. The maximum atomic E-state index is 14.7. The first-order valence-electron chi connectivity index (χ1n) is 16.5. The summed E-state index contributed by atoms with van der Waals surface area (Å²) >= 11 is 0. The molecule has 0 aromatic heterocycles. The van der Waals surface area contributed by atoms with E-state index in [2.05, 4.69) is 41.5 Å². The van der Waals surface area contributed by atoms with Crippen LogP contribution in [0.15, 0.2) is 11.6 Å². The number of esters is 1. The molecule has 3 saturated carbocycles. The van der Waals surface area contributed by atoms with Crippen molar-refractivity contribution < 1.29 is 33.7 Å². The van der Waals surface area contributed by atoms with Gasteiger partial charge in [-0.25, -0.2) is 0 Å². The number of rotatable bonds is 7. The lowest BCUT2D eigenvalue weighted by Gasteiger charge is -2.70. The minimum absolute atomic E-state index is 0.0395. The van der Waals surface area contributed by atoms with Crippen LogP contribution in [0.1, 0.15) is 94.4 Å². The van der Waals surface area contributed by atoms with Crippen molar-refractivity contribution in [1.82, 2.24) is 0 Å². The van der Waals surface area contributed by atoms with Gasteiger partial charge in [0.15, 0.2) is 5.78 Å². The first-order valence-corrected chi connectivity index (χ1v) is 16.5. The van der Waals surface area contributed by atoms with E-state index in [1.807, 2.05) is 19.9 Å². The SMILES string of the molecule is CC(=O)O[C@@H]1C[C@@]23COC[C@@](C)(C2CC[C@H]2C3=CC(=O)[C@@]3(C)[C@H](C(=O)O)[C@@](C)([C@H](C)C(C)C)CC[C@]23C)[C@H]1OCC(C)N. The molecule has 0 spiro atoms. The Kier molecular flexibility index (Phi) is 8.08. The molecule has 2 unspecified atom stereocenters. The van der Waals surface area contributed by atoms with Crippen molar-refractivity contribution in [3.63, 3.8) is 0 Å². The highest BCUT2D eigenvalue weighted by atomic mass is 16.6. The van der Waals surface area contributed by atoms with E-state index in [9.17, 15) is 19.5 Å². The van der Waals surface area contributed by atoms with Gasteiger partial charge in [0.05, 0.1) is 25.7 Å². The largest absolute Gasteiger partial charge is 0.481 e. The zero-order chi connectivity index (χ0) is 31.9. The number of nitrogens with two attached hydrogens (primary N) is 1. The summed E-state index contributed by atoms with van der Waals surface area (Å²) < 4.78 is 18.9. The maximum absolute atomic E-state index is 14.7. The summed E-state index contributed by atoms with van der Waals surface area (Å²) in [5.41, 5.74) is 4.16. The van der Waals surface area contributed by atoms with Gasteiger partial charge in [-0.3, -0.25) is 14.4 Å². The van der Waals surface area contributed by atoms with Gasteiger partial charge >= 0.3 is 11.9 Å². The molecule has 4 aliphatic carbocycles. The van der Waals surface area contributed by atoms with Crippen molar-refractivity contribution >= 4 is 17.7 Å². The molecule has 2 bridgehead atoms. The Labute approximate surface area is 257 Å². The van der Waals surface area contributed by atoms with Crippen molar-refractivity contribution in [3.05, 3.63) is 11.6 Å². The van der Waals surface area contributed by atoms with Gasteiger partial charge in [-0.1, -0.05) is 54.0 Å². The molecule has 4 fully saturated rings. The average molecular weight is 602 g/mol. The number of hydrogen-bond donors (Lipinski definition) is 2. The molecule has 3 N–H and O–H groups in total. The zero-order valence-electron chi connectivity index (χ0n) is 27.8. The second-order valence-corrected chi connectivity index (χ2v) is 16.3. The molecule has 8 heteroatoms. The van der Waals surface area contributed by atoms with Crippen molar-refractivity contribution in [2.24, 2.45) is 62.4 Å². The van der Waals surface area contributed by atoms with E-state index in [0.29, 0.717) is 32.2 Å². The van der Waals surface area contributed by atoms with Crippen molar-refractivity contribution in [2.75, 3.05) is 19.8 Å². The maximum Gasteiger partial charge on any atom is 0.308 e. The van der Waals surface area contributed by atoms with Crippen LogP contribution in [0.5, 0.6) is 0 Å². The van der Waals surface area contributed by atoms with E-state index in [0.717, 1.165) is 31.3 Å². The summed E-state index contributed by atoms with van der Waals surface area (Å²) in [6.45, 7) is 19.5. The van der Waals surface area contributed by atoms with Crippen LogP contribution in [0.25, 0.3) is 0 Å². The fourth-order valence-corrected chi connectivity index (χ4v) is 11.2. The van der Waals surface area contributed by atoms with Gasteiger partial charge in [0.2, 0.25) is 0 Å². The van der Waals surface area contributed by atoms with Crippen LogP contribution in [-0.4, -0.2) is 60.9 Å². The van der Waals surface area contributed by atoms with E-state index in [4.69, 9.17) is 19.9 Å². The Balaban J connectivity index is 1.64. The van der Waals surface area contributed by atoms with Crippen molar-refractivity contribution in [1.29, 1.82) is 0 Å². The van der Waals surface area contributed by atoms with Gasteiger partial charge in [0, 0.05) is 29.2 Å². The molecule has 1 heterocycles. The highest BCUT2D eigenvalue weighted by Gasteiger charge is 2.74. The summed E-state index contributed by atoms with van der Waals surface area (Å²) in [5.74, 6) is -1.43. The van der Waals surface area contributed by atoms with Crippen LogP contribution >= 0.6 is 0 Å². The summed E-state index contributed by atoms with van der Waals surface area (Å²) in [4.78, 5) is 40.4. The first kappa shape index (κ1) is 32.6. The average Bonchev–Trinajstić information content (AvgIpc) is 2.89. The second-order valence-electron chi connectivity index (χ2n) is 16.3. The number of fused-ring (bicyclic) bond motifs is 3. The molecule has 242 valence electrons. The molecule has 0 aromatic carbocycles. The molecule has 5 aliphatic rings. The molecule has 8 nitrogen and oxygen atoms in total. The van der Waals surface area contributed by atoms with Gasteiger partial charge in [-0.2, -0.15) is 0 Å². The van der Waals surface area contributed by atoms with E-state index >= 15 is 0 Å². The predicted octanol–water partition coefficient (Wildman–Crippen LogP) is 5.42. The molecule has 5 rings (SSSR count). The Morgan fingerprint density at radius 2 is 1.77 bits per heavy atom. The fourth-order valence-electron chi connectivity index (χ4n) is 11.2. The quantitative estimate of drug-likeness (QED) is 0.371. The molecule has 12 atom stereocenters. The molecule has 43 heavy (non-hydrogen) atoms. The zero-order valence-corrected chi connectivity index (χ0v) is 27.8. The van der Waals surface area contributed by atoms with Gasteiger partial charge in [-0.05, 0) is 79.6 Å². The minimum atomic E-state index is -1.04. The third kappa shape index (κ3) is 4.43. The van der Waals surface area contributed by atoms with E-state index < -0.39 is 45.1 Å². The molecular weight excluding hydrogens is 546 g/mol. The van der Waals surface area contributed by atoms with Gasteiger partial charge < -0.3 is 25.1 Å². The number of allylic oxidation sites excluding steroid dienone is 1. The van der Waals surface area contributed by atoms with Crippen LogP contribution in [-0.2, 0) is 28.6 Å². The highest BCUT2D eigenvalue weighted by molar-refractivity contribution is 6.00. The second kappa shape index (κ2) is 10.7. The van der Waals surface area contributed by atoms with Gasteiger partial charge in [0.1, 0.15) is 12.2 Å². The molecule has 0 radical (unpaired) electrons. The van der Waals surface area contributed by atoms with Crippen LogP contribution in [0, 0.1) is 56.7 Å². The molecule has 1 saturated heterocycles. The Morgan fingerprint density at radius 3 is 2.35 bits per heavy atom. The number of aliphatic carboxylic acids is 1. The van der Waals surface area contributed by atoms with E-state index in [-0.39, 0.29) is 41.7 Å². The Hall–Kier alpha value is -1.77. The van der Waals surface area contributed by atoms with E-state index in [1.165, 1.54) is 6.92 Å². The lowest BCUT2D eigenvalue weighted by Crippen LogP contribution is -2.71. The van der Waals surface area contributed by atoms with Gasteiger partial charge in [0.25, 0.3) is 0 Å². The smallest absolute Gasteiger partial charge is 0.308 e. The molecular formula is C35H55NO7. The Morgan fingerprint density at radius 1 is 1.09 bits per heavy atom. The third-order valence-electron chi connectivity index (χ3n) is 13.8. The molecule has 1 aliphatic heterocycles. The highest BCUT2D eigenvalue weighted by Crippen LogP contribution is 2.74. The first-order chi connectivity index (χ1) is 19.9. The number of carboxylic acid groups (broad SMARTS) is 1. The normalized spacial score (nSPS) is 47.0. The van der Waals surface area contributed by atoms with Crippen LogP contribution < -0.4 is 5.73 Å². The summed E-state index contributed by atoms with van der Waals surface area (Å²) in [5, 5.41) is 10.9. The number of carboxylic acids is 1. The number of ketones is 1. The number of ether oxygens (including phenoxy) is 3. The van der Waals surface area contributed by atoms with Crippen LogP contribution in [0.3, 0.4) is 0 Å². The van der Waals surface area contributed by atoms with Gasteiger partial charge in [-0.15, -0.1) is 0 Å². The number of carbonyl (C=O) groups is 3. The Bertz CT molecular complexity index is 1200. The monoisotopic (exact) mass is 601 g/mol. The summed E-state index contributed by atoms with van der Waals surface area (Å²) in [6, 6.07) is -0.164. The van der Waals surface area contributed by atoms with Crippen molar-refractivity contribution in [2.45, 2.75) is 113 Å². The molecule has 0 amide bonds. The van der Waals surface area contributed by atoms with Crippen LogP contribution in [0.4, 0.5) is 0 Å². The van der Waals surface area contributed by atoms with E-state index in [1.54, 1.807) is 0 Å². The summed E-state index contributed by atoms with van der Waals surface area (Å²) in [6.07, 6.45) is 4.85. The lowest BCUT2D eigenvalue weighted by molar-refractivity contribution is -0.266.